The van der Waals surface area contributed by atoms with Gasteiger partial charge in [0.15, 0.2) is 5.82 Å². The van der Waals surface area contributed by atoms with Gasteiger partial charge in [-0.25, -0.2) is 9.97 Å². The minimum atomic E-state index is -0.581. The first-order chi connectivity index (χ1) is 16.6. The second-order valence-electron chi connectivity index (χ2n) is 8.59. The lowest BCUT2D eigenvalue weighted by atomic mass is 10.0. The molecule has 1 aromatic carbocycles. The van der Waals surface area contributed by atoms with Crippen molar-refractivity contribution >= 4 is 5.82 Å². The number of aromatic nitrogens is 3. The molecule has 3 heterocycles. The number of nitrogens with zero attached hydrogens (tertiary/aromatic N) is 4. The van der Waals surface area contributed by atoms with Crippen LogP contribution in [0.4, 0.5) is 5.82 Å². The van der Waals surface area contributed by atoms with E-state index in [2.05, 4.69) is 29.2 Å². The van der Waals surface area contributed by atoms with Gasteiger partial charge in [0.1, 0.15) is 24.3 Å². The number of benzene rings is 1. The first-order valence-electron chi connectivity index (χ1n) is 11.7. The molecule has 8 heteroatoms. The number of aliphatic hydroxyl groups excluding tert-OH is 1. The van der Waals surface area contributed by atoms with Crippen LogP contribution in [-0.2, 0) is 4.74 Å². The van der Waals surface area contributed by atoms with Crippen molar-refractivity contribution in [1.29, 1.82) is 0 Å². The van der Waals surface area contributed by atoms with Gasteiger partial charge in [-0.2, -0.15) is 0 Å². The second-order valence-corrected chi connectivity index (χ2v) is 8.59. The van der Waals surface area contributed by atoms with E-state index in [1.165, 1.54) is 0 Å². The van der Waals surface area contributed by atoms with Gasteiger partial charge in [0.2, 0.25) is 0 Å². The van der Waals surface area contributed by atoms with Crippen molar-refractivity contribution in [2.24, 2.45) is 0 Å². The Balaban J connectivity index is 1.71. The van der Waals surface area contributed by atoms with Crippen LogP contribution in [-0.4, -0.2) is 72.7 Å². The molecule has 0 saturated carbocycles. The number of rotatable bonds is 9. The number of pyridine rings is 1. The Labute approximate surface area is 201 Å². The van der Waals surface area contributed by atoms with E-state index in [0.29, 0.717) is 24.2 Å². The maximum atomic E-state index is 9.98. The van der Waals surface area contributed by atoms with E-state index >= 15 is 0 Å². The number of ether oxygens (including phenoxy) is 2. The van der Waals surface area contributed by atoms with Crippen molar-refractivity contribution < 1.29 is 14.6 Å². The Morgan fingerprint density at radius 2 is 1.91 bits per heavy atom. The van der Waals surface area contributed by atoms with E-state index in [1.54, 1.807) is 19.4 Å². The van der Waals surface area contributed by atoms with Gasteiger partial charge in [0.05, 0.1) is 5.69 Å². The minimum Gasteiger partial charge on any atom is -0.491 e. The van der Waals surface area contributed by atoms with Crippen molar-refractivity contribution in [1.82, 2.24) is 20.3 Å². The van der Waals surface area contributed by atoms with Crippen LogP contribution in [0, 0.1) is 6.92 Å². The summed E-state index contributed by atoms with van der Waals surface area (Å²) in [7, 11) is 3.90. The summed E-state index contributed by atoms with van der Waals surface area (Å²) >= 11 is 0. The summed E-state index contributed by atoms with van der Waals surface area (Å²) in [5, 5.41) is 12.9. The first kappa shape index (κ1) is 24.1. The van der Waals surface area contributed by atoms with Crippen molar-refractivity contribution in [3.05, 3.63) is 54.4 Å². The molecular formula is C26H33N5O3. The van der Waals surface area contributed by atoms with Crippen molar-refractivity contribution in [2.45, 2.75) is 31.9 Å². The topological polar surface area (TPSA) is 92.6 Å². The SMILES string of the molecule is CNCC(O)COc1cccc(-c2nc(-c3ccncc3)c(C)c(N(C)C3CCOCC3)n2)c1. The molecule has 3 aromatic rings. The maximum absolute atomic E-state index is 9.98. The Morgan fingerprint density at radius 1 is 1.15 bits per heavy atom. The third-order valence-corrected chi connectivity index (χ3v) is 6.12. The van der Waals surface area contributed by atoms with Crippen molar-refractivity contribution in [3.63, 3.8) is 0 Å². The molecule has 34 heavy (non-hydrogen) atoms. The molecule has 2 N–H and O–H groups in total. The molecule has 1 unspecified atom stereocenters. The van der Waals surface area contributed by atoms with Gasteiger partial charge in [-0.3, -0.25) is 4.98 Å². The zero-order valence-electron chi connectivity index (χ0n) is 20.1. The van der Waals surface area contributed by atoms with E-state index in [1.807, 2.05) is 36.4 Å². The number of likely N-dealkylation sites (N-methyl/N-ethyl adjacent to an activating group) is 1. The molecule has 1 saturated heterocycles. The van der Waals surface area contributed by atoms with Crippen LogP contribution in [0.15, 0.2) is 48.8 Å². The Morgan fingerprint density at radius 3 is 2.65 bits per heavy atom. The van der Waals surface area contributed by atoms with Crippen LogP contribution >= 0.6 is 0 Å². The quantitative estimate of drug-likeness (QED) is 0.500. The summed E-state index contributed by atoms with van der Waals surface area (Å²) in [5.74, 6) is 2.22. The number of anilines is 1. The standard InChI is InChI=1S/C26H33N5O3/c1-18-24(19-7-11-28-12-8-19)29-25(30-26(18)31(3)21-9-13-33-14-10-21)20-5-4-6-23(15-20)34-17-22(32)16-27-2/h4-8,11-12,15,21-22,27,32H,9-10,13-14,16-17H2,1-3H3. The molecule has 180 valence electrons. The lowest BCUT2D eigenvalue weighted by molar-refractivity contribution is 0.0853. The fraction of sp³-hybridized carbons (Fsp3) is 0.423. The lowest BCUT2D eigenvalue weighted by Gasteiger charge is -2.33. The molecule has 0 radical (unpaired) electrons. The van der Waals surface area contributed by atoms with E-state index in [4.69, 9.17) is 19.4 Å². The van der Waals surface area contributed by atoms with Crippen LogP contribution in [0.25, 0.3) is 22.6 Å². The molecule has 0 aliphatic carbocycles. The summed E-state index contributed by atoms with van der Waals surface area (Å²) in [6.07, 6.45) is 4.92. The monoisotopic (exact) mass is 463 g/mol. The zero-order valence-corrected chi connectivity index (χ0v) is 20.1. The van der Waals surface area contributed by atoms with Crippen LogP contribution < -0.4 is 15.0 Å². The largest absolute Gasteiger partial charge is 0.491 e. The normalized spacial score (nSPS) is 15.2. The van der Waals surface area contributed by atoms with Crippen LogP contribution in [0.2, 0.25) is 0 Å². The van der Waals surface area contributed by atoms with Gasteiger partial charge in [0, 0.05) is 61.9 Å². The van der Waals surface area contributed by atoms with E-state index < -0.39 is 6.10 Å². The molecule has 0 bridgehead atoms. The summed E-state index contributed by atoms with van der Waals surface area (Å²) in [6.45, 7) is 4.29. The van der Waals surface area contributed by atoms with E-state index in [9.17, 15) is 5.11 Å². The predicted molar refractivity (Wildman–Crippen MR) is 133 cm³/mol. The van der Waals surface area contributed by atoms with Gasteiger partial charge in [-0.15, -0.1) is 0 Å². The maximum Gasteiger partial charge on any atom is 0.162 e. The first-order valence-corrected chi connectivity index (χ1v) is 11.7. The number of nitrogens with one attached hydrogen (secondary N) is 1. The third-order valence-electron chi connectivity index (χ3n) is 6.12. The average molecular weight is 464 g/mol. The fourth-order valence-electron chi connectivity index (χ4n) is 4.23. The second kappa shape index (κ2) is 11.4. The summed E-state index contributed by atoms with van der Waals surface area (Å²) in [4.78, 5) is 16.4. The highest BCUT2D eigenvalue weighted by Gasteiger charge is 2.24. The molecule has 1 atom stereocenters. The highest BCUT2D eigenvalue weighted by molar-refractivity contribution is 5.72. The van der Waals surface area contributed by atoms with Gasteiger partial charge in [-0.05, 0) is 51.1 Å². The third kappa shape index (κ3) is 5.70. The van der Waals surface area contributed by atoms with Gasteiger partial charge < -0.3 is 24.8 Å². The molecule has 4 rings (SSSR count). The van der Waals surface area contributed by atoms with Crippen molar-refractivity contribution in [3.8, 4) is 28.4 Å². The van der Waals surface area contributed by atoms with E-state index in [0.717, 1.165) is 54.3 Å². The average Bonchev–Trinajstić information content (AvgIpc) is 2.88. The Hall–Kier alpha value is -3.07. The molecule has 1 aliphatic heterocycles. The number of hydrogen-bond acceptors (Lipinski definition) is 8. The smallest absolute Gasteiger partial charge is 0.162 e. The van der Waals surface area contributed by atoms with Crippen LogP contribution in [0.5, 0.6) is 5.75 Å². The van der Waals surface area contributed by atoms with Gasteiger partial charge >= 0.3 is 0 Å². The lowest BCUT2D eigenvalue weighted by Crippen LogP contribution is -2.37. The highest BCUT2D eigenvalue weighted by atomic mass is 16.5. The predicted octanol–water partition coefficient (Wildman–Crippen LogP) is 3.09. The summed E-state index contributed by atoms with van der Waals surface area (Å²) in [6, 6.07) is 12.0. The molecule has 0 amide bonds. The molecule has 2 aromatic heterocycles. The molecule has 1 aliphatic rings. The van der Waals surface area contributed by atoms with Crippen LogP contribution in [0.1, 0.15) is 18.4 Å². The number of hydrogen-bond donors (Lipinski definition) is 2. The fourth-order valence-corrected chi connectivity index (χ4v) is 4.23. The molecule has 1 fully saturated rings. The van der Waals surface area contributed by atoms with Crippen LogP contribution in [0.3, 0.4) is 0 Å². The Kier molecular flexibility index (Phi) is 8.05. The molecule has 0 spiro atoms. The van der Waals surface area contributed by atoms with E-state index in [-0.39, 0.29) is 6.61 Å². The summed E-state index contributed by atoms with van der Waals surface area (Å²) < 4.78 is 11.4. The molecule has 8 nitrogen and oxygen atoms in total. The Bertz CT molecular complexity index is 1070. The van der Waals surface area contributed by atoms with Crippen molar-refractivity contribution in [2.75, 3.05) is 45.4 Å². The van der Waals surface area contributed by atoms with Gasteiger partial charge in [-0.1, -0.05) is 12.1 Å². The number of aliphatic hydroxyl groups is 1. The highest BCUT2D eigenvalue weighted by Crippen LogP contribution is 2.33. The zero-order chi connectivity index (χ0) is 23.9. The minimum absolute atomic E-state index is 0.207. The summed E-state index contributed by atoms with van der Waals surface area (Å²) in [5.41, 5.74) is 3.78. The van der Waals surface area contributed by atoms with Gasteiger partial charge in [0.25, 0.3) is 0 Å². The molecular weight excluding hydrogens is 430 g/mol.